The van der Waals surface area contributed by atoms with Gasteiger partial charge in [0, 0.05) is 12.1 Å². The van der Waals surface area contributed by atoms with Gasteiger partial charge >= 0.3 is 0 Å². The Labute approximate surface area is 115 Å². The van der Waals surface area contributed by atoms with E-state index in [0.717, 1.165) is 12.1 Å². The van der Waals surface area contributed by atoms with Gasteiger partial charge in [0.1, 0.15) is 17.7 Å². The highest BCUT2D eigenvalue weighted by atomic mass is 19.1. The van der Waals surface area contributed by atoms with E-state index in [2.05, 4.69) is 5.32 Å². The van der Waals surface area contributed by atoms with Crippen LogP contribution in [0.4, 0.5) is 14.5 Å². The number of nitrogens with one attached hydrogen (secondary N) is 1. The summed E-state index contributed by atoms with van der Waals surface area (Å²) in [4.78, 5) is 25.2. The third kappa shape index (κ3) is 2.64. The molecule has 4 nitrogen and oxygen atoms in total. The fourth-order valence-corrected chi connectivity index (χ4v) is 2.20. The number of likely N-dealkylation sites (tertiary alicyclic amines) is 1. The first-order valence-electron chi connectivity index (χ1n) is 6.51. The lowest BCUT2D eigenvalue weighted by Crippen LogP contribution is -2.40. The van der Waals surface area contributed by atoms with Crippen molar-refractivity contribution >= 4 is 17.5 Å². The number of anilines is 1. The first kappa shape index (κ1) is 14.4. The summed E-state index contributed by atoms with van der Waals surface area (Å²) >= 11 is 0. The first-order chi connectivity index (χ1) is 9.43. The lowest BCUT2D eigenvalue weighted by molar-refractivity contribution is -0.140. The molecular weight excluding hydrogens is 266 g/mol. The summed E-state index contributed by atoms with van der Waals surface area (Å²) in [6.07, 6.45) is 0.648. The van der Waals surface area contributed by atoms with Crippen LogP contribution in [-0.4, -0.2) is 28.8 Å². The van der Waals surface area contributed by atoms with E-state index in [9.17, 15) is 18.4 Å². The number of imide groups is 1. The molecule has 0 radical (unpaired) electrons. The van der Waals surface area contributed by atoms with Crippen molar-refractivity contribution in [3.63, 3.8) is 0 Å². The third-order valence-corrected chi connectivity index (χ3v) is 3.48. The molecule has 0 spiro atoms. The first-order valence-corrected chi connectivity index (χ1v) is 6.51. The van der Waals surface area contributed by atoms with Crippen molar-refractivity contribution < 1.29 is 18.4 Å². The van der Waals surface area contributed by atoms with Gasteiger partial charge in [0.25, 0.3) is 5.91 Å². The van der Waals surface area contributed by atoms with Crippen LogP contribution in [0.1, 0.15) is 26.7 Å². The van der Waals surface area contributed by atoms with Gasteiger partial charge in [0.05, 0.1) is 12.1 Å². The van der Waals surface area contributed by atoms with E-state index in [0.29, 0.717) is 6.42 Å². The van der Waals surface area contributed by atoms with Crippen LogP contribution in [0.3, 0.4) is 0 Å². The topological polar surface area (TPSA) is 49.4 Å². The standard InChI is InChI=1S/C14H16F2N2O2/c1-3-8(2)18-13(19)7-12(14(18)20)17-11-5-4-9(15)6-10(11)16/h4-6,8,12,17H,3,7H2,1-2H3. The molecule has 0 bridgehead atoms. The second-order valence-corrected chi connectivity index (χ2v) is 4.88. The van der Waals surface area contributed by atoms with Crippen molar-refractivity contribution in [2.75, 3.05) is 5.32 Å². The molecule has 1 N–H and O–H groups in total. The molecule has 1 aliphatic heterocycles. The van der Waals surface area contributed by atoms with Crippen LogP contribution in [0.5, 0.6) is 0 Å². The van der Waals surface area contributed by atoms with Crippen LogP contribution >= 0.6 is 0 Å². The van der Waals surface area contributed by atoms with E-state index in [1.165, 1.54) is 11.0 Å². The molecule has 1 aromatic rings. The molecule has 2 rings (SSSR count). The molecule has 6 heteroatoms. The Morgan fingerprint density at radius 2 is 2.10 bits per heavy atom. The Morgan fingerprint density at radius 1 is 1.40 bits per heavy atom. The average Bonchev–Trinajstić information content (AvgIpc) is 2.67. The lowest BCUT2D eigenvalue weighted by atomic mass is 10.2. The van der Waals surface area contributed by atoms with Gasteiger partial charge in [-0.3, -0.25) is 14.5 Å². The number of nitrogens with zero attached hydrogens (tertiary/aromatic N) is 1. The fraction of sp³-hybridized carbons (Fsp3) is 0.429. The number of carbonyl (C=O) groups excluding carboxylic acids is 2. The number of hydrogen-bond acceptors (Lipinski definition) is 3. The van der Waals surface area contributed by atoms with Gasteiger partial charge in [0.2, 0.25) is 5.91 Å². The normalized spacial score (nSPS) is 20.4. The van der Waals surface area contributed by atoms with E-state index in [-0.39, 0.29) is 30.0 Å². The van der Waals surface area contributed by atoms with Crippen LogP contribution in [-0.2, 0) is 9.59 Å². The van der Waals surface area contributed by atoms with Crippen LogP contribution in [0.25, 0.3) is 0 Å². The molecule has 0 saturated carbocycles. The smallest absolute Gasteiger partial charge is 0.252 e. The molecule has 2 atom stereocenters. The predicted octanol–water partition coefficient (Wildman–Crippen LogP) is 2.30. The summed E-state index contributed by atoms with van der Waals surface area (Å²) in [7, 11) is 0. The zero-order valence-electron chi connectivity index (χ0n) is 11.3. The molecule has 2 unspecified atom stereocenters. The Balaban J connectivity index is 2.15. The zero-order valence-corrected chi connectivity index (χ0v) is 11.3. The monoisotopic (exact) mass is 282 g/mol. The summed E-state index contributed by atoms with van der Waals surface area (Å²) < 4.78 is 26.4. The Hall–Kier alpha value is -1.98. The molecular formula is C14H16F2N2O2. The molecule has 20 heavy (non-hydrogen) atoms. The van der Waals surface area contributed by atoms with Gasteiger partial charge in [-0.2, -0.15) is 0 Å². The molecule has 1 aliphatic rings. The minimum Gasteiger partial charge on any atom is -0.371 e. The number of rotatable bonds is 4. The van der Waals surface area contributed by atoms with Crippen molar-refractivity contribution in [3.8, 4) is 0 Å². The van der Waals surface area contributed by atoms with E-state index >= 15 is 0 Å². The summed E-state index contributed by atoms with van der Waals surface area (Å²) in [6, 6.07) is 2.07. The maximum absolute atomic E-state index is 13.5. The molecule has 0 aliphatic carbocycles. The number of carbonyl (C=O) groups is 2. The Bertz CT molecular complexity index is 548. The van der Waals surface area contributed by atoms with Crippen LogP contribution in [0.15, 0.2) is 18.2 Å². The van der Waals surface area contributed by atoms with Gasteiger partial charge in [0.15, 0.2) is 0 Å². The van der Waals surface area contributed by atoms with Gasteiger partial charge in [-0.25, -0.2) is 8.78 Å². The van der Waals surface area contributed by atoms with Crippen LogP contribution in [0.2, 0.25) is 0 Å². The fourth-order valence-electron chi connectivity index (χ4n) is 2.20. The predicted molar refractivity (Wildman–Crippen MR) is 70.0 cm³/mol. The zero-order chi connectivity index (χ0) is 14.9. The second-order valence-electron chi connectivity index (χ2n) is 4.88. The van der Waals surface area contributed by atoms with E-state index in [4.69, 9.17) is 0 Å². The van der Waals surface area contributed by atoms with E-state index < -0.39 is 17.7 Å². The quantitative estimate of drug-likeness (QED) is 0.862. The third-order valence-electron chi connectivity index (χ3n) is 3.48. The highest BCUT2D eigenvalue weighted by molar-refractivity contribution is 6.07. The Morgan fingerprint density at radius 3 is 2.70 bits per heavy atom. The van der Waals surface area contributed by atoms with Gasteiger partial charge in [-0.15, -0.1) is 0 Å². The molecule has 1 fully saturated rings. The molecule has 1 aromatic carbocycles. The van der Waals surface area contributed by atoms with Gasteiger partial charge in [-0.1, -0.05) is 6.92 Å². The number of amides is 2. The summed E-state index contributed by atoms with van der Waals surface area (Å²) in [5.74, 6) is -2.12. The lowest BCUT2D eigenvalue weighted by Gasteiger charge is -2.21. The number of hydrogen-bond donors (Lipinski definition) is 1. The maximum atomic E-state index is 13.5. The molecule has 108 valence electrons. The minimum atomic E-state index is -0.795. The SMILES string of the molecule is CCC(C)N1C(=O)CC(Nc2ccc(F)cc2F)C1=O. The summed E-state index contributed by atoms with van der Waals surface area (Å²) in [6.45, 7) is 3.67. The molecule has 1 saturated heterocycles. The van der Waals surface area contributed by atoms with Crippen molar-refractivity contribution in [2.24, 2.45) is 0 Å². The maximum Gasteiger partial charge on any atom is 0.252 e. The van der Waals surface area contributed by atoms with Crippen LogP contribution < -0.4 is 5.32 Å². The second kappa shape index (κ2) is 5.56. The minimum absolute atomic E-state index is 0.0139. The summed E-state index contributed by atoms with van der Waals surface area (Å²) in [5, 5.41) is 2.67. The Kier molecular flexibility index (Phi) is 4.01. The van der Waals surface area contributed by atoms with Crippen molar-refractivity contribution in [3.05, 3.63) is 29.8 Å². The average molecular weight is 282 g/mol. The molecule has 0 aromatic heterocycles. The van der Waals surface area contributed by atoms with E-state index in [1.807, 2.05) is 6.92 Å². The summed E-state index contributed by atoms with van der Waals surface area (Å²) in [5.41, 5.74) is 0.0172. The number of halogens is 2. The molecule has 1 heterocycles. The van der Waals surface area contributed by atoms with Crippen LogP contribution in [0, 0.1) is 11.6 Å². The highest BCUT2D eigenvalue weighted by Gasteiger charge is 2.40. The van der Waals surface area contributed by atoms with Crippen molar-refractivity contribution in [2.45, 2.75) is 38.8 Å². The largest absolute Gasteiger partial charge is 0.371 e. The highest BCUT2D eigenvalue weighted by Crippen LogP contribution is 2.23. The number of benzene rings is 1. The van der Waals surface area contributed by atoms with E-state index in [1.54, 1.807) is 6.92 Å². The molecule has 2 amide bonds. The van der Waals surface area contributed by atoms with Crippen molar-refractivity contribution in [1.82, 2.24) is 4.90 Å². The van der Waals surface area contributed by atoms with Gasteiger partial charge in [-0.05, 0) is 25.5 Å². The van der Waals surface area contributed by atoms with Gasteiger partial charge < -0.3 is 5.32 Å². The van der Waals surface area contributed by atoms with Crippen molar-refractivity contribution in [1.29, 1.82) is 0 Å².